The number of aliphatic carboxylic acids is 2. The first-order chi connectivity index (χ1) is 8.36. The third kappa shape index (κ3) is 5.01. The second-order valence-electron chi connectivity index (χ2n) is 4.52. The number of aliphatic hydroxyl groups excluding tert-OH is 1. The van der Waals surface area contributed by atoms with E-state index in [2.05, 4.69) is 0 Å². The molecular weight excluding hydrogens is 240 g/mol. The molecule has 18 heavy (non-hydrogen) atoms. The number of carbonyl (C=O) groups is 2. The van der Waals surface area contributed by atoms with Crippen LogP contribution in [0.1, 0.15) is 51.9 Å². The Morgan fingerprint density at radius 2 is 1.50 bits per heavy atom. The Balaban J connectivity index is 0.000000411. The van der Waals surface area contributed by atoms with E-state index in [1.54, 1.807) is 0 Å². The summed E-state index contributed by atoms with van der Waals surface area (Å²) >= 11 is 0. The molecule has 0 unspecified atom stereocenters. The first kappa shape index (κ1) is 16.9. The number of rotatable bonds is 4. The summed E-state index contributed by atoms with van der Waals surface area (Å²) in [5.41, 5.74) is -1.49. The summed E-state index contributed by atoms with van der Waals surface area (Å²) < 4.78 is 0. The van der Waals surface area contributed by atoms with Crippen molar-refractivity contribution in [1.82, 2.24) is 0 Å². The van der Waals surface area contributed by atoms with Crippen LogP contribution in [0.4, 0.5) is 0 Å². The summed E-state index contributed by atoms with van der Waals surface area (Å²) in [5, 5.41) is 33.8. The summed E-state index contributed by atoms with van der Waals surface area (Å²) in [5.74, 6) is -2.37. The van der Waals surface area contributed by atoms with E-state index < -0.39 is 23.6 Å². The second-order valence-corrected chi connectivity index (χ2v) is 4.52. The van der Waals surface area contributed by atoms with Crippen molar-refractivity contribution in [3.05, 3.63) is 0 Å². The van der Waals surface area contributed by atoms with Crippen molar-refractivity contribution in [2.24, 2.45) is 5.41 Å². The lowest BCUT2D eigenvalue weighted by atomic mass is 9.74. The minimum Gasteiger partial charge on any atom is -0.480 e. The van der Waals surface area contributed by atoms with Crippen LogP contribution < -0.4 is 0 Å². The van der Waals surface area contributed by atoms with Crippen molar-refractivity contribution in [3.8, 4) is 0 Å². The van der Waals surface area contributed by atoms with Gasteiger partial charge in [-0.2, -0.15) is 0 Å². The Morgan fingerprint density at radius 3 is 1.67 bits per heavy atom. The lowest BCUT2D eigenvalue weighted by Gasteiger charge is -2.28. The van der Waals surface area contributed by atoms with Crippen molar-refractivity contribution in [2.75, 3.05) is 0 Å². The monoisotopic (exact) mass is 262 g/mol. The molecule has 1 rings (SSSR count). The highest BCUT2D eigenvalue weighted by molar-refractivity contribution is 5.98. The van der Waals surface area contributed by atoms with E-state index in [9.17, 15) is 9.59 Å². The Morgan fingerprint density at radius 1 is 1.06 bits per heavy atom. The van der Waals surface area contributed by atoms with E-state index in [-0.39, 0.29) is 12.8 Å². The number of hydrogen-bond donors (Lipinski definition) is 4. The van der Waals surface area contributed by atoms with Gasteiger partial charge in [-0.1, -0.05) is 32.6 Å². The molecule has 0 aromatic carbocycles. The van der Waals surface area contributed by atoms with Crippen LogP contribution in [0, 0.1) is 5.41 Å². The standard InChI is InChI=1S/C8H12O4.C4H10O2/c9-6(10)8(7(11)12)4-2-1-3-5-8;1-2-3-4(5)6/h1-5H2,(H,9,10)(H,11,12);4-6H,2-3H2,1H3. The van der Waals surface area contributed by atoms with Crippen molar-refractivity contribution < 1.29 is 30.0 Å². The van der Waals surface area contributed by atoms with Gasteiger partial charge < -0.3 is 20.4 Å². The smallest absolute Gasteiger partial charge is 0.321 e. The summed E-state index contributed by atoms with van der Waals surface area (Å²) in [6, 6.07) is 0. The third-order valence-electron chi connectivity index (χ3n) is 3.07. The molecule has 0 spiro atoms. The van der Waals surface area contributed by atoms with Gasteiger partial charge in [-0.3, -0.25) is 9.59 Å². The molecule has 0 heterocycles. The van der Waals surface area contributed by atoms with Crippen LogP contribution in [0.3, 0.4) is 0 Å². The van der Waals surface area contributed by atoms with Gasteiger partial charge in [-0.15, -0.1) is 0 Å². The average molecular weight is 262 g/mol. The van der Waals surface area contributed by atoms with Gasteiger partial charge in [0, 0.05) is 0 Å². The highest BCUT2D eigenvalue weighted by Crippen LogP contribution is 2.36. The molecule has 6 heteroatoms. The number of carboxylic acid groups (broad SMARTS) is 2. The molecule has 1 aliphatic carbocycles. The van der Waals surface area contributed by atoms with Crippen LogP contribution >= 0.6 is 0 Å². The van der Waals surface area contributed by atoms with Crippen LogP contribution in [0.2, 0.25) is 0 Å². The molecule has 0 aromatic rings. The lowest BCUT2D eigenvalue weighted by molar-refractivity contribution is -0.167. The molecule has 106 valence electrons. The molecular formula is C12H22O6. The van der Waals surface area contributed by atoms with Crippen molar-refractivity contribution in [3.63, 3.8) is 0 Å². The molecule has 1 fully saturated rings. The molecule has 4 N–H and O–H groups in total. The van der Waals surface area contributed by atoms with Gasteiger partial charge in [0.2, 0.25) is 0 Å². The minimum atomic E-state index is -1.49. The van der Waals surface area contributed by atoms with E-state index in [0.29, 0.717) is 19.3 Å². The third-order valence-corrected chi connectivity index (χ3v) is 3.07. The van der Waals surface area contributed by atoms with Crippen LogP contribution in [-0.2, 0) is 9.59 Å². The topological polar surface area (TPSA) is 115 Å². The minimum absolute atomic E-state index is 0.275. The van der Waals surface area contributed by atoms with Crippen LogP contribution in [0.15, 0.2) is 0 Å². The van der Waals surface area contributed by atoms with E-state index in [0.717, 1.165) is 12.8 Å². The van der Waals surface area contributed by atoms with Crippen molar-refractivity contribution >= 4 is 11.9 Å². The largest absolute Gasteiger partial charge is 0.480 e. The van der Waals surface area contributed by atoms with E-state index in [1.165, 1.54) is 0 Å². The zero-order valence-electron chi connectivity index (χ0n) is 10.6. The van der Waals surface area contributed by atoms with Crippen LogP contribution in [-0.4, -0.2) is 38.7 Å². The summed E-state index contributed by atoms with van der Waals surface area (Å²) in [4.78, 5) is 21.5. The highest BCUT2D eigenvalue weighted by atomic mass is 16.5. The van der Waals surface area contributed by atoms with Gasteiger partial charge in [0.25, 0.3) is 0 Å². The maximum atomic E-state index is 10.7. The maximum Gasteiger partial charge on any atom is 0.321 e. The normalized spacial score (nSPS) is 17.8. The Kier molecular flexibility index (Phi) is 7.54. The maximum absolute atomic E-state index is 10.7. The van der Waals surface area contributed by atoms with Gasteiger partial charge >= 0.3 is 11.9 Å². The second kappa shape index (κ2) is 8.05. The molecule has 0 bridgehead atoms. The molecule has 0 radical (unpaired) electrons. The Hall–Kier alpha value is -1.14. The molecule has 6 nitrogen and oxygen atoms in total. The fourth-order valence-corrected chi connectivity index (χ4v) is 1.93. The zero-order chi connectivity index (χ0) is 14.2. The Labute approximate surface area is 106 Å². The Bertz CT molecular complexity index is 252. The predicted molar refractivity (Wildman–Crippen MR) is 63.9 cm³/mol. The molecule has 1 aliphatic rings. The number of aliphatic hydroxyl groups is 2. The quantitative estimate of drug-likeness (QED) is 0.447. The molecule has 1 saturated carbocycles. The number of hydrogen-bond acceptors (Lipinski definition) is 4. The van der Waals surface area contributed by atoms with Gasteiger partial charge in [0.1, 0.15) is 0 Å². The van der Waals surface area contributed by atoms with Crippen LogP contribution in [0.25, 0.3) is 0 Å². The highest BCUT2D eigenvalue weighted by Gasteiger charge is 2.46. The molecule has 0 saturated heterocycles. The fraction of sp³-hybridized carbons (Fsp3) is 0.833. The van der Waals surface area contributed by atoms with E-state index in [4.69, 9.17) is 20.4 Å². The SMILES string of the molecule is CCCC(O)O.O=C(O)C1(C(=O)O)CCCCC1. The molecule has 0 aromatic heterocycles. The molecule has 0 amide bonds. The number of carboxylic acids is 2. The average Bonchev–Trinajstić information content (AvgIpc) is 2.30. The van der Waals surface area contributed by atoms with Gasteiger partial charge in [0.05, 0.1) is 0 Å². The molecule has 0 atom stereocenters. The van der Waals surface area contributed by atoms with Gasteiger partial charge in [-0.25, -0.2) is 0 Å². The van der Waals surface area contributed by atoms with Gasteiger partial charge in [-0.05, 0) is 19.3 Å². The fourth-order valence-electron chi connectivity index (χ4n) is 1.93. The lowest BCUT2D eigenvalue weighted by Crippen LogP contribution is -2.40. The van der Waals surface area contributed by atoms with Gasteiger partial charge in [0.15, 0.2) is 11.7 Å². The predicted octanol–water partition coefficient (Wildman–Crippen LogP) is 1.20. The van der Waals surface area contributed by atoms with E-state index >= 15 is 0 Å². The summed E-state index contributed by atoms with van der Waals surface area (Å²) in [7, 11) is 0. The first-order valence-corrected chi connectivity index (χ1v) is 6.19. The summed E-state index contributed by atoms with van der Waals surface area (Å²) in [6.07, 6.45) is 3.13. The summed E-state index contributed by atoms with van der Waals surface area (Å²) in [6.45, 7) is 1.90. The zero-order valence-corrected chi connectivity index (χ0v) is 10.6. The van der Waals surface area contributed by atoms with Crippen LogP contribution in [0.5, 0.6) is 0 Å². The van der Waals surface area contributed by atoms with Crippen molar-refractivity contribution in [2.45, 2.75) is 58.2 Å². The van der Waals surface area contributed by atoms with E-state index in [1.807, 2.05) is 6.92 Å². The van der Waals surface area contributed by atoms with Crippen molar-refractivity contribution in [1.29, 1.82) is 0 Å². The first-order valence-electron chi connectivity index (χ1n) is 6.19. The molecule has 0 aliphatic heterocycles.